The molecule has 0 saturated carbocycles. The Morgan fingerprint density at radius 2 is 1.94 bits per heavy atom. The Morgan fingerprint density at radius 1 is 1.10 bits per heavy atom. The fraction of sp³-hybridized carbons (Fsp3) is 0.320. The van der Waals surface area contributed by atoms with Crippen LogP contribution in [-0.4, -0.2) is 35.8 Å². The van der Waals surface area contributed by atoms with Crippen LogP contribution < -0.4 is 5.32 Å². The van der Waals surface area contributed by atoms with Gasteiger partial charge in [-0.1, -0.05) is 18.2 Å². The van der Waals surface area contributed by atoms with Crippen LogP contribution in [0.4, 0.5) is 14.9 Å². The summed E-state index contributed by atoms with van der Waals surface area (Å²) in [6.07, 6.45) is 2.69. The molecule has 3 rings (SSSR count). The van der Waals surface area contributed by atoms with Crippen LogP contribution in [0.3, 0.4) is 0 Å². The number of benzene rings is 2. The number of anilines is 1. The highest BCUT2D eigenvalue weighted by Crippen LogP contribution is 2.17. The number of nitrogens with zero attached hydrogens (tertiary/aromatic N) is 2. The van der Waals surface area contributed by atoms with Crippen molar-refractivity contribution in [2.45, 2.75) is 33.4 Å². The number of ether oxygens (including phenoxy) is 1. The minimum absolute atomic E-state index is 0.155. The number of aryl methyl sites for hydroxylation is 2. The minimum Gasteiger partial charge on any atom is -0.385 e. The molecule has 6 heteroatoms. The number of carbonyl (C=O) groups is 1. The fourth-order valence-electron chi connectivity index (χ4n) is 3.45. The molecule has 0 radical (unpaired) electrons. The van der Waals surface area contributed by atoms with Crippen molar-refractivity contribution in [1.82, 2.24) is 9.47 Å². The highest BCUT2D eigenvalue weighted by Gasteiger charge is 2.16. The molecule has 31 heavy (non-hydrogen) atoms. The standard InChI is InChI=1S/C25H30FN3O2/c1-19-10-11-23(15-20(19)2)27-25(30)29(13-6-14-31-3)18-24-9-5-12-28(24)17-21-7-4-8-22(26)16-21/h4-5,7-12,15-16H,6,13-14,17-18H2,1-3H3,(H,27,30). The van der Waals surface area contributed by atoms with Crippen LogP contribution in [0.25, 0.3) is 0 Å². The Morgan fingerprint density at radius 3 is 2.68 bits per heavy atom. The third-order valence-corrected chi connectivity index (χ3v) is 5.34. The van der Waals surface area contributed by atoms with Gasteiger partial charge in [-0.25, -0.2) is 9.18 Å². The second kappa shape index (κ2) is 10.8. The Labute approximate surface area is 183 Å². The molecular formula is C25H30FN3O2. The van der Waals surface area contributed by atoms with E-state index in [1.807, 2.05) is 61.0 Å². The lowest BCUT2D eigenvalue weighted by Crippen LogP contribution is -2.36. The van der Waals surface area contributed by atoms with Gasteiger partial charge in [-0.2, -0.15) is 0 Å². The van der Waals surface area contributed by atoms with E-state index in [9.17, 15) is 9.18 Å². The van der Waals surface area contributed by atoms with Gasteiger partial charge in [0.25, 0.3) is 0 Å². The van der Waals surface area contributed by atoms with E-state index in [0.717, 1.165) is 28.9 Å². The van der Waals surface area contributed by atoms with Gasteiger partial charge in [0.15, 0.2) is 0 Å². The Kier molecular flexibility index (Phi) is 7.84. The lowest BCUT2D eigenvalue weighted by Gasteiger charge is -2.24. The van der Waals surface area contributed by atoms with Crippen molar-refractivity contribution in [2.24, 2.45) is 0 Å². The van der Waals surface area contributed by atoms with Gasteiger partial charge in [-0.3, -0.25) is 0 Å². The van der Waals surface area contributed by atoms with E-state index < -0.39 is 0 Å². The van der Waals surface area contributed by atoms with Crippen molar-refractivity contribution >= 4 is 11.7 Å². The summed E-state index contributed by atoms with van der Waals surface area (Å²) in [5, 5.41) is 3.01. The normalized spacial score (nSPS) is 10.8. The van der Waals surface area contributed by atoms with E-state index in [4.69, 9.17) is 4.74 Å². The summed E-state index contributed by atoms with van der Waals surface area (Å²) in [5.74, 6) is -0.250. The van der Waals surface area contributed by atoms with Gasteiger partial charge in [0.1, 0.15) is 5.82 Å². The predicted molar refractivity (Wildman–Crippen MR) is 122 cm³/mol. The summed E-state index contributed by atoms with van der Waals surface area (Å²) >= 11 is 0. The van der Waals surface area contributed by atoms with Gasteiger partial charge in [-0.05, 0) is 73.4 Å². The largest absolute Gasteiger partial charge is 0.385 e. The number of methoxy groups -OCH3 is 1. The van der Waals surface area contributed by atoms with Gasteiger partial charge in [0.2, 0.25) is 0 Å². The summed E-state index contributed by atoms with van der Waals surface area (Å²) < 4.78 is 20.8. The molecule has 1 heterocycles. The molecule has 2 amide bonds. The average molecular weight is 424 g/mol. The Balaban J connectivity index is 1.74. The zero-order valence-electron chi connectivity index (χ0n) is 18.4. The number of rotatable bonds is 9. The summed E-state index contributed by atoms with van der Waals surface area (Å²) in [7, 11) is 1.66. The zero-order valence-corrected chi connectivity index (χ0v) is 18.4. The molecule has 0 fully saturated rings. The maximum Gasteiger partial charge on any atom is 0.322 e. The molecule has 0 spiro atoms. The molecule has 0 aliphatic heterocycles. The molecular weight excluding hydrogens is 393 g/mol. The van der Waals surface area contributed by atoms with Crippen LogP contribution in [0.1, 0.15) is 28.8 Å². The van der Waals surface area contributed by atoms with Crippen molar-refractivity contribution in [2.75, 3.05) is 25.6 Å². The number of aromatic nitrogens is 1. The smallest absolute Gasteiger partial charge is 0.322 e. The van der Waals surface area contributed by atoms with Crippen molar-refractivity contribution in [3.05, 3.63) is 89.0 Å². The first-order chi connectivity index (χ1) is 15.0. The Bertz CT molecular complexity index is 1020. The van der Waals surface area contributed by atoms with Crippen molar-refractivity contribution < 1.29 is 13.9 Å². The highest BCUT2D eigenvalue weighted by atomic mass is 19.1. The predicted octanol–water partition coefficient (Wildman–Crippen LogP) is 5.36. The Hall–Kier alpha value is -3.12. The number of hydrogen-bond acceptors (Lipinski definition) is 2. The molecule has 0 aliphatic rings. The van der Waals surface area contributed by atoms with E-state index in [2.05, 4.69) is 5.32 Å². The van der Waals surface area contributed by atoms with Crippen LogP contribution in [0.15, 0.2) is 60.8 Å². The van der Waals surface area contributed by atoms with Gasteiger partial charge >= 0.3 is 6.03 Å². The molecule has 164 valence electrons. The summed E-state index contributed by atoms with van der Waals surface area (Å²) in [6, 6.07) is 16.3. The highest BCUT2D eigenvalue weighted by molar-refractivity contribution is 5.89. The lowest BCUT2D eigenvalue weighted by molar-refractivity contribution is 0.171. The van der Waals surface area contributed by atoms with Gasteiger partial charge in [-0.15, -0.1) is 0 Å². The molecule has 0 atom stereocenters. The van der Waals surface area contributed by atoms with Crippen molar-refractivity contribution in [3.63, 3.8) is 0 Å². The van der Waals surface area contributed by atoms with Crippen LogP contribution in [0.5, 0.6) is 0 Å². The summed E-state index contributed by atoms with van der Waals surface area (Å²) in [4.78, 5) is 14.8. The molecule has 3 aromatic rings. The third-order valence-electron chi connectivity index (χ3n) is 5.34. The summed E-state index contributed by atoms with van der Waals surface area (Å²) in [5.41, 5.74) is 4.96. The van der Waals surface area contributed by atoms with E-state index in [0.29, 0.717) is 26.2 Å². The van der Waals surface area contributed by atoms with Crippen LogP contribution in [0, 0.1) is 19.7 Å². The third kappa shape index (κ3) is 6.43. The second-order valence-corrected chi connectivity index (χ2v) is 7.75. The van der Waals surface area contributed by atoms with E-state index in [-0.39, 0.29) is 11.8 Å². The molecule has 1 N–H and O–H groups in total. The van der Waals surface area contributed by atoms with Gasteiger partial charge < -0.3 is 19.5 Å². The molecule has 0 saturated heterocycles. The lowest BCUT2D eigenvalue weighted by atomic mass is 10.1. The molecule has 0 aliphatic carbocycles. The molecule has 2 aromatic carbocycles. The van der Waals surface area contributed by atoms with Crippen molar-refractivity contribution in [3.8, 4) is 0 Å². The number of hydrogen-bond donors (Lipinski definition) is 1. The summed E-state index contributed by atoms with van der Waals surface area (Å²) in [6.45, 7) is 6.21. The average Bonchev–Trinajstić information content (AvgIpc) is 3.16. The van der Waals surface area contributed by atoms with E-state index in [1.165, 1.54) is 17.7 Å². The van der Waals surface area contributed by atoms with Gasteiger partial charge in [0.05, 0.1) is 6.54 Å². The van der Waals surface area contributed by atoms with Crippen LogP contribution in [-0.2, 0) is 17.8 Å². The maximum absolute atomic E-state index is 13.6. The van der Waals surface area contributed by atoms with Crippen molar-refractivity contribution in [1.29, 1.82) is 0 Å². The first kappa shape index (κ1) is 22.6. The second-order valence-electron chi connectivity index (χ2n) is 7.75. The number of amides is 2. The first-order valence-corrected chi connectivity index (χ1v) is 10.5. The SMILES string of the molecule is COCCCN(Cc1cccn1Cc1cccc(F)c1)C(=O)Nc1ccc(C)c(C)c1. The zero-order chi connectivity index (χ0) is 22.2. The topological polar surface area (TPSA) is 46.5 Å². The van der Waals surface area contributed by atoms with Crippen LogP contribution in [0.2, 0.25) is 0 Å². The molecule has 5 nitrogen and oxygen atoms in total. The fourth-order valence-corrected chi connectivity index (χ4v) is 3.45. The van der Waals surface area contributed by atoms with Gasteiger partial charge in [0, 0.05) is 44.4 Å². The minimum atomic E-state index is -0.250. The molecule has 0 unspecified atom stereocenters. The first-order valence-electron chi connectivity index (χ1n) is 10.5. The quantitative estimate of drug-likeness (QED) is 0.471. The van der Waals surface area contributed by atoms with E-state index in [1.54, 1.807) is 18.1 Å². The number of halogens is 1. The van der Waals surface area contributed by atoms with Crippen LogP contribution >= 0.6 is 0 Å². The number of carbonyl (C=O) groups excluding carboxylic acids is 1. The maximum atomic E-state index is 13.6. The molecule has 1 aromatic heterocycles. The van der Waals surface area contributed by atoms with E-state index >= 15 is 0 Å². The number of nitrogens with one attached hydrogen (secondary N) is 1. The molecule has 0 bridgehead atoms. The monoisotopic (exact) mass is 423 g/mol. The number of urea groups is 1.